The predicted molar refractivity (Wildman–Crippen MR) is 63.8 cm³/mol. The molecule has 0 bridgehead atoms. The molecule has 0 atom stereocenters. The Hall–Kier alpha value is -0.890. The first-order chi connectivity index (χ1) is 6.74. The maximum absolute atomic E-state index is 4.48. The molecule has 0 spiro atoms. The van der Waals surface area contributed by atoms with Gasteiger partial charge in [-0.25, -0.2) is 0 Å². The molecule has 72 valence electrons. The number of aromatic nitrogens is 1. The predicted octanol–water partition coefficient (Wildman–Crippen LogP) is 3.75. The molecule has 0 aliphatic carbocycles. The maximum Gasteiger partial charge on any atom is 0.0745 e. The number of alkyl halides is 1. The molecule has 2 rings (SSSR count). The molecule has 0 aliphatic heterocycles. The van der Waals surface area contributed by atoms with E-state index in [0.29, 0.717) is 0 Å². The molecule has 1 nitrogen and oxygen atoms in total. The van der Waals surface area contributed by atoms with Crippen molar-refractivity contribution in [2.45, 2.75) is 19.2 Å². The molecule has 0 fully saturated rings. The van der Waals surface area contributed by atoms with Crippen molar-refractivity contribution in [1.29, 1.82) is 0 Å². The fourth-order valence-corrected chi connectivity index (χ4v) is 2.08. The summed E-state index contributed by atoms with van der Waals surface area (Å²) in [5.74, 6) is 0. The van der Waals surface area contributed by atoms with Crippen molar-refractivity contribution >= 4 is 26.8 Å². The van der Waals surface area contributed by atoms with Gasteiger partial charge in [-0.15, -0.1) is 0 Å². The minimum atomic E-state index is 0.861. The Kier molecular flexibility index (Phi) is 2.55. The molecule has 0 amide bonds. The summed E-state index contributed by atoms with van der Waals surface area (Å²) in [7, 11) is 0. The van der Waals surface area contributed by atoms with Gasteiger partial charge in [0.1, 0.15) is 0 Å². The van der Waals surface area contributed by atoms with Crippen LogP contribution in [0.2, 0.25) is 0 Å². The summed E-state index contributed by atoms with van der Waals surface area (Å²) in [6.45, 7) is 4.25. The number of pyridine rings is 1. The smallest absolute Gasteiger partial charge is 0.0745 e. The highest BCUT2D eigenvalue weighted by molar-refractivity contribution is 9.08. The highest BCUT2D eigenvalue weighted by Crippen LogP contribution is 2.23. The van der Waals surface area contributed by atoms with Crippen molar-refractivity contribution in [3.05, 3.63) is 41.1 Å². The Bertz CT molecular complexity index is 477. The van der Waals surface area contributed by atoms with Gasteiger partial charge in [0.2, 0.25) is 0 Å². The van der Waals surface area contributed by atoms with Crippen LogP contribution in [0.3, 0.4) is 0 Å². The van der Waals surface area contributed by atoms with E-state index in [1.807, 2.05) is 6.20 Å². The van der Waals surface area contributed by atoms with Crippen LogP contribution in [0.25, 0.3) is 10.9 Å². The standard InChI is InChI=1S/C12H12BrN/c1-8-7-14-12-10(6-13)4-3-5-11(12)9(8)2/h3-5,7H,6H2,1-2H3. The maximum atomic E-state index is 4.48. The lowest BCUT2D eigenvalue weighted by molar-refractivity contribution is 1.26. The average molecular weight is 250 g/mol. The molecule has 0 saturated heterocycles. The van der Waals surface area contributed by atoms with E-state index >= 15 is 0 Å². The summed E-state index contributed by atoms with van der Waals surface area (Å²) in [6.07, 6.45) is 1.95. The Morgan fingerprint density at radius 1 is 1.29 bits per heavy atom. The highest BCUT2D eigenvalue weighted by Gasteiger charge is 2.04. The number of hydrogen-bond acceptors (Lipinski definition) is 1. The Balaban J connectivity index is 2.86. The minimum absolute atomic E-state index is 0.861. The van der Waals surface area contributed by atoms with Crippen LogP contribution in [0.15, 0.2) is 24.4 Å². The molecule has 2 heteroatoms. The number of aryl methyl sites for hydroxylation is 2. The van der Waals surface area contributed by atoms with Gasteiger partial charge in [-0.3, -0.25) is 4.98 Å². The average Bonchev–Trinajstić information content (AvgIpc) is 2.23. The number of benzene rings is 1. The number of nitrogens with zero attached hydrogens (tertiary/aromatic N) is 1. The van der Waals surface area contributed by atoms with E-state index in [1.165, 1.54) is 22.1 Å². The van der Waals surface area contributed by atoms with E-state index in [9.17, 15) is 0 Å². The van der Waals surface area contributed by atoms with Gasteiger partial charge in [-0.05, 0) is 30.5 Å². The lowest BCUT2D eigenvalue weighted by Gasteiger charge is -2.07. The Morgan fingerprint density at radius 2 is 2.07 bits per heavy atom. The topological polar surface area (TPSA) is 12.9 Å². The molecular formula is C12H12BrN. The first-order valence-electron chi connectivity index (χ1n) is 4.64. The molecule has 0 saturated carbocycles. The van der Waals surface area contributed by atoms with E-state index in [-0.39, 0.29) is 0 Å². The van der Waals surface area contributed by atoms with Crippen LogP contribution in [-0.4, -0.2) is 4.98 Å². The van der Waals surface area contributed by atoms with Gasteiger partial charge in [0, 0.05) is 16.9 Å². The molecule has 14 heavy (non-hydrogen) atoms. The van der Waals surface area contributed by atoms with Gasteiger partial charge in [0.25, 0.3) is 0 Å². The SMILES string of the molecule is Cc1cnc2c(CBr)cccc2c1C. The second-order valence-electron chi connectivity index (χ2n) is 3.51. The van der Waals surface area contributed by atoms with E-state index in [1.54, 1.807) is 0 Å². The fourth-order valence-electron chi connectivity index (χ4n) is 1.62. The van der Waals surface area contributed by atoms with Crippen LogP contribution in [0, 0.1) is 13.8 Å². The first-order valence-corrected chi connectivity index (χ1v) is 5.76. The largest absolute Gasteiger partial charge is 0.256 e. The molecule has 0 aliphatic rings. The summed E-state index contributed by atoms with van der Waals surface area (Å²) in [5.41, 5.74) is 4.96. The molecular weight excluding hydrogens is 238 g/mol. The van der Waals surface area contributed by atoms with Gasteiger partial charge < -0.3 is 0 Å². The summed E-state index contributed by atoms with van der Waals surface area (Å²) in [5, 5.41) is 2.13. The van der Waals surface area contributed by atoms with E-state index < -0.39 is 0 Å². The zero-order valence-electron chi connectivity index (χ0n) is 8.34. The van der Waals surface area contributed by atoms with Crippen LogP contribution in [0.4, 0.5) is 0 Å². The second-order valence-corrected chi connectivity index (χ2v) is 4.07. The molecule has 1 aromatic carbocycles. The van der Waals surface area contributed by atoms with Crippen LogP contribution < -0.4 is 0 Å². The van der Waals surface area contributed by atoms with Gasteiger partial charge >= 0.3 is 0 Å². The van der Waals surface area contributed by atoms with Crippen molar-refractivity contribution in [2.75, 3.05) is 0 Å². The summed E-state index contributed by atoms with van der Waals surface area (Å²) < 4.78 is 0. The van der Waals surface area contributed by atoms with E-state index in [0.717, 1.165) is 10.8 Å². The van der Waals surface area contributed by atoms with Crippen molar-refractivity contribution in [3.63, 3.8) is 0 Å². The summed E-state index contributed by atoms with van der Waals surface area (Å²) in [4.78, 5) is 4.48. The fraction of sp³-hybridized carbons (Fsp3) is 0.250. The molecule has 0 radical (unpaired) electrons. The van der Waals surface area contributed by atoms with E-state index in [4.69, 9.17) is 0 Å². The molecule has 1 heterocycles. The lowest BCUT2D eigenvalue weighted by atomic mass is 10.0. The number of halogens is 1. The van der Waals surface area contributed by atoms with Crippen LogP contribution in [-0.2, 0) is 5.33 Å². The van der Waals surface area contributed by atoms with Gasteiger partial charge in [0.05, 0.1) is 5.52 Å². The lowest BCUT2D eigenvalue weighted by Crippen LogP contribution is -1.90. The van der Waals surface area contributed by atoms with Crippen molar-refractivity contribution in [2.24, 2.45) is 0 Å². The minimum Gasteiger partial charge on any atom is -0.256 e. The third kappa shape index (κ3) is 1.44. The monoisotopic (exact) mass is 249 g/mol. The third-order valence-electron chi connectivity index (χ3n) is 2.65. The normalized spacial score (nSPS) is 10.8. The molecule has 2 aromatic rings. The van der Waals surface area contributed by atoms with Gasteiger partial charge in [-0.2, -0.15) is 0 Å². The van der Waals surface area contributed by atoms with Gasteiger partial charge in [0.15, 0.2) is 0 Å². The first kappa shape index (κ1) is 9.66. The second kappa shape index (κ2) is 3.70. The van der Waals surface area contributed by atoms with Gasteiger partial charge in [-0.1, -0.05) is 34.1 Å². The number of rotatable bonds is 1. The summed E-state index contributed by atoms with van der Waals surface area (Å²) in [6, 6.07) is 6.34. The van der Waals surface area contributed by atoms with Crippen molar-refractivity contribution in [1.82, 2.24) is 4.98 Å². The van der Waals surface area contributed by atoms with Crippen LogP contribution in [0.1, 0.15) is 16.7 Å². The number of hydrogen-bond donors (Lipinski definition) is 0. The Labute approximate surface area is 92.3 Å². The molecule has 0 N–H and O–H groups in total. The Morgan fingerprint density at radius 3 is 2.79 bits per heavy atom. The van der Waals surface area contributed by atoms with Crippen molar-refractivity contribution < 1.29 is 0 Å². The molecule has 0 unspecified atom stereocenters. The van der Waals surface area contributed by atoms with Crippen LogP contribution >= 0.6 is 15.9 Å². The quantitative estimate of drug-likeness (QED) is 0.702. The van der Waals surface area contributed by atoms with Crippen LogP contribution in [0.5, 0.6) is 0 Å². The van der Waals surface area contributed by atoms with Crippen molar-refractivity contribution in [3.8, 4) is 0 Å². The third-order valence-corrected chi connectivity index (χ3v) is 3.25. The zero-order chi connectivity index (χ0) is 10.1. The number of para-hydroxylation sites is 1. The zero-order valence-corrected chi connectivity index (χ0v) is 9.93. The molecule has 1 aromatic heterocycles. The highest BCUT2D eigenvalue weighted by atomic mass is 79.9. The summed E-state index contributed by atoms with van der Waals surface area (Å²) >= 11 is 3.48. The number of fused-ring (bicyclic) bond motifs is 1. The van der Waals surface area contributed by atoms with E-state index in [2.05, 4.69) is 53.0 Å².